The summed E-state index contributed by atoms with van der Waals surface area (Å²) in [6.45, 7) is 1.84. The van der Waals surface area contributed by atoms with Gasteiger partial charge in [0.1, 0.15) is 16.5 Å². The maximum Gasteiger partial charge on any atom is 0.251 e. The molecule has 0 spiro atoms. The Kier molecular flexibility index (Phi) is 6.25. The minimum Gasteiger partial charge on any atom is -0.348 e. The molecular formula is C20H20ClFN4O3S. The molecule has 2 aromatic carbocycles. The number of aryl methyl sites for hydroxylation is 1. The van der Waals surface area contributed by atoms with Gasteiger partial charge in [0.05, 0.1) is 10.7 Å². The fourth-order valence-corrected chi connectivity index (χ4v) is 4.21. The van der Waals surface area contributed by atoms with E-state index in [4.69, 9.17) is 11.6 Å². The molecule has 0 unspecified atom stereocenters. The molecule has 0 aliphatic rings. The van der Waals surface area contributed by atoms with Crippen molar-refractivity contribution in [3.8, 4) is 5.69 Å². The van der Waals surface area contributed by atoms with E-state index < -0.39 is 21.7 Å². The molecule has 3 aromatic rings. The second-order valence-electron chi connectivity index (χ2n) is 6.75. The van der Waals surface area contributed by atoms with Gasteiger partial charge in [-0.15, -0.1) is 0 Å². The number of imidazole rings is 1. The Balaban J connectivity index is 1.76. The first-order valence-electron chi connectivity index (χ1n) is 8.90. The van der Waals surface area contributed by atoms with Crippen molar-refractivity contribution < 1.29 is 17.6 Å². The molecule has 0 aliphatic heterocycles. The van der Waals surface area contributed by atoms with Crippen LogP contribution < -0.4 is 5.32 Å². The second kappa shape index (κ2) is 8.55. The van der Waals surface area contributed by atoms with Crippen LogP contribution >= 0.6 is 11.6 Å². The average Bonchev–Trinajstić information content (AvgIpc) is 3.12. The lowest BCUT2D eigenvalue weighted by molar-refractivity contribution is 0.0950. The first-order valence-corrected chi connectivity index (χ1v) is 10.7. The summed E-state index contributed by atoms with van der Waals surface area (Å²) in [7, 11) is -1.05. The molecular weight excluding hydrogens is 431 g/mol. The molecule has 0 saturated heterocycles. The third-order valence-corrected chi connectivity index (χ3v) is 6.80. The largest absolute Gasteiger partial charge is 0.348 e. The van der Waals surface area contributed by atoms with Crippen molar-refractivity contribution >= 4 is 27.5 Å². The third kappa shape index (κ3) is 4.38. The summed E-state index contributed by atoms with van der Waals surface area (Å²) in [5.74, 6) is -0.299. The highest BCUT2D eigenvalue weighted by molar-refractivity contribution is 7.89. The van der Waals surface area contributed by atoms with E-state index in [1.54, 1.807) is 36.0 Å². The van der Waals surface area contributed by atoms with Gasteiger partial charge in [-0.25, -0.2) is 22.1 Å². The summed E-state index contributed by atoms with van der Waals surface area (Å²) < 4.78 is 41.9. The zero-order valence-electron chi connectivity index (χ0n) is 16.6. The predicted molar refractivity (Wildman–Crippen MR) is 112 cm³/mol. The SMILES string of the molecule is Cc1nccn1-c1ccc(CNC(=O)c2ccc(Cl)c(S(=O)(=O)N(C)C)c2)cc1F. The zero-order chi connectivity index (χ0) is 22.1. The normalized spacial score (nSPS) is 11.7. The smallest absolute Gasteiger partial charge is 0.251 e. The van der Waals surface area contributed by atoms with Gasteiger partial charge in [0.15, 0.2) is 0 Å². The number of nitrogens with zero attached hydrogens (tertiary/aromatic N) is 3. The highest BCUT2D eigenvalue weighted by Crippen LogP contribution is 2.25. The first kappa shape index (κ1) is 21.9. The van der Waals surface area contributed by atoms with Crippen LogP contribution in [0.2, 0.25) is 5.02 Å². The van der Waals surface area contributed by atoms with Gasteiger partial charge in [-0.05, 0) is 42.8 Å². The third-order valence-electron chi connectivity index (χ3n) is 4.50. The highest BCUT2D eigenvalue weighted by Gasteiger charge is 2.22. The van der Waals surface area contributed by atoms with Crippen molar-refractivity contribution in [1.82, 2.24) is 19.2 Å². The molecule has 1 N–H and O–H groups in total. The number of carbonyl (C=O) groups excluding carboxylic acids is 1. The lowest BCUT2D eigenvalue weighted by Gasteiger charge is -2.14. The number of hydrogen-bond donors (Lipinski definition) is 1. The first-order chi connectivity index (χ1) is 14.1. The number of nitrogens with one attached hydrogen (secondary N) is 1. The van der Waals surface area contributed by atoms with E-state index >= 15 is 0 Å². The van der Waals surface area contributed by atoms with Crippen molar-refractivity contribution in [3.05, 3.63) is 76.6 Å². The van der Waals surface area contributed by atoms with Crippen LogP contribution in [0.5, 0.6) is 0 Å². The molecule has 1 heterocycles. The van der Waals surface area contributed by atoms with Crippen molar-refractivity contribution in [2.24, 2.45) is 0 Å². The molecule has 0 bridgehead atoms. The lowest BCUT2D eigenvalue weighted by Crippen LogP contribution is -2.25. The number of benzene rings is 2. The van der Waals surface area contributed by atoms with Crippen LogP contribution in [0.25, 0.3) is 5.69 Å². The van der Waals surface area contributed by atoms with Gasteiger partial charge in [-0.2, -0.15) is 0 Å². The monoisotopic (exact) mass is 450 g/mol. The molecule has 30 heavy (non-hydrogen) atoms. The lowest BCUT2D eigenvalue weighted by atomic mass is 10.1. The van der Waals surface area contributed by atoms with Gasteiger partial charge in [-0.3, -0.25) is 4.79 Å². The zero-order valence-corrected chi connectivity index (χ0v) is 18.1. The molecule has 1 amide bonds. The maximum absolute atomic E-state index is 14.5. The van der Waals surface area contributed by atoms with Gasteiger partial charge in [0.25, 0.3) is 5.91 Å². The molecule has 0 atom stereocenters. The standard InChI is InChI=1S/C20H20ClFN4O3S/c1-13-23-8-9-26(13)18-7-4-14(10-17(18)22)12-24-20(27)15-5-6-16(21)19(11-15)30(28,29)25(2)3/h4-11H,12H2,1-3H3,(H,24,27). The van der Waals surface area contributed by atoms with E-state index in [1.165, 1.54) is 38.4 Å². The number of amides is 1. The molecule has 0 aliphatic carbocycles. The Morgan fingerprint density at radius 1 is 1.23 bits per heavy atom. The molecule has 158 valence electrons. The minimum absolute atomic E-state index is 0.0210. The van der Waals surface area contributed by atoms with Crippen LogP contribution in [0, 0.1) is 12.7 Å². The van der Waals surface area contributed by atoms with Crippen molar-refractivity contribution in [3.63, 3.8) is 0 Å². The van der Waals surface area contributed by atoms with Crippen molar-refractivity contribution in [2.45, 2.75) is 18.4 Å². The molecule has 0 fully saturated rings. The molecule has 3 rings (SSSR count). The number of aromatic nitrogens is 2. The van der Waals surface area contributed by atoms with Crippen LogP contribution in [-0.4, -0.2) is 42.3 Å². The molecule has 0 radical (unpaired) electrons. The van der Waals surface area contributed by atoms with E-state index in [1.807, 2.05) is 0 Å². The molecule has 1 aromatic heterocycles. The summed E-state index contributed by atoms with van der Waals surface area (Å²) in [6, 6.07) is 8.64. The van der Waals surface area contributed by atoms with Crippen LogP contribution in [0.15, 0.2) is 53.7 Å². The highest BCUT2D eigenvalue weighted by atomic mass is 35.5. The fraction of sp³-hybridized carbons (Fsp3) is 0.200. The van der Waals surface area contributed by atoms with Crippen LogP contribution in [-0.2, 0) is 16.6 Å². The second-order valence-corrected chi connectivity index (χ2v) is 9.27. The number of rotatable bonds is 6. The summed E-state index contributed by atoms with van der Waals surface area (Å²) in [6.07, 6.45) is 3.24. The van der Waals surface area contributed by atoms with Crippen molar-refractivity contribution in [2.75, 3.05) is 14.1 Å². The fourth-order valence-electron chi connectivity index (χ4n) is 2.81. The van der Waals surface area contributed by atoms with Gasteiger partial charge in [0.2, 0.25) is 10.0 Å². The Morgan fingerprint density at radius 3 is 2.57 bits per heavy atom. The Labute approximate surface area is 179 Å². The average molecular weight is 451 g/mol. The summed E-state index contributed by atoms with van der Waals surface area (Å²) >= 11 is 6.00. The van der Waals surface area contributed by atoms with Gasteiger partial charge in [-0.1, -0.05) is 17.7 Å². The maximum atomic E-state index is 14.5. The van der Waals surface area contributed by atoms with Gasteiger partial charge in [0, 0.05) is 38.6 Å². The van der Waals surface area contributed by atoms with E-state index in [-0.39, 0.29) is 22.0 Å². The van der Waals surface area contributed by atoms with Crippen molar-refractivity contribution in [1.29, 1.82) is 0 Å². The van der Waals surface area contributed by atoms with Crippen LogP contribution in [0.3, 0.4) is 0 Å². The molecule has 10 heteroatoms. The van der Waals surface area contributed by atoms with Gasteiger partial charge >= 0.3 is 0 Å². The quantitative estimate of drug-likeness (QED) is 0.625. The number of sulfonamides is 1. The molecule has 7 nitrogen and oxygen atoms in total. The summed E-state index contributed by atoms with van der Waals surface area (Å²) in [5.41, 5.74) is 1.04. The van der Waals surface area contributed by atoms with E-state index in [2.05, 4.69) is 10.3 Å². The van der Waals surface area contributed by atoms with E-state index in [9.17, 15) is 17.6 Å². The Hall–Kier alpha value is -2.75. The predicted octanol–water partition coefficient (Wildman–Crippen LogP) is 3.15. The number of hydrogen-bond acceptors (Lipinski definition) is 4. The van der Waals surface area contributed by atoms with Crippen LogP contribution in [0.1, 0.15) is 21.7 Å². The molecule has 0 saturated carbocycles. The Morgan fingerprint density at radius 2 is 1.97 bits per heavy atom. The van der Waals surface area contributed by atoms with E-state index in [0.29, 0.717) is 17.1 Å². The summed E-state index contributed by atoms with van der Waals surface area (Å²) in [5, 5.41) is 2.68. The number of halogens is 2. The van der Waals surface area contributed by atoms with Gasteiger partial charge < -0.3 is 9.88 Å². The Bertz CT molecular complexity index is 1210. The summed E-state index contributed by atoms with van der Waals surface area (Å²) in [4.78, 5) is 16.4. The van der Waals surface area contributed by atoms with Crippen LogP contribution in [0.4, 0.5) is 4.39 Å². The topological polar surface area (TPSA) is 84.3 Å². The minimum atomic E-state index is -3.80. The number of carbonyl (C=O) groups is 1. The van der Waals surface area contributed by atoms with E-state index in [0.717, 1.165) is 4.31 Å².